The molecule has 2 aliphatic rings. The van der Waals surface area contributed by atoms with Gasteiger partial charge in [0.1, 0.15) is 11.6 Å². The molecule has 2 bridgehead atoms. The van der Waals surface area contributed by atoms with Crippen LogP contribution in [0.3, 0.4) is 0 Å². The van der Waals surface area contributed by atoms with Crippen LogP contribution in [0.25, 0.3) is 0 Å². The maximum Gasteiger partial charge on any atom is 0.126 e. The normalized spacial score (nSPS) is 32.8. The predicted molar refractivity (Wildman–Crippen MR) is 78.3 cm³/mol. The molecule has 0 aliphatic heterocycles. The lowest BCUT2D eigenvalue weighted by molar-refractivity contribution is 0.162. The Morgan fingerprint density at radius 2 is 2.05 bits per heavy atom. The molecule has 0 aromatic heterocycles. The molecule has 0 unspecified atom stereocenters. The van der Waals surface area contributed by atoms with E-state index in [0.717, 1.165) is 30.4 Å². The number of hydrogen-bond donors (Lipinski definition) is 1. The molecule has 3 heteroatoms. The number of fused-ring (bicyclic) bond motifs is 2. The molecule has 2 nitrogen and oxygen atoms in total. The molecule has 20 heavy (non-hydrogen) atoms. The lowest BCUT2D eigenvalue weighted by Gasteiger charge is -2.38. The second kappa shape index (κ2) is 5.36. The van der Waals surface area contributed by atoms with E-state index in [2.05, 4.69) is 19.0 Å². The van der Waals surface area contributed by atoms with Crippen LogP contribution in [0.2, 0.25) is 0 Å². The van der Waals surface area contributed by atoms with E-state index in [-0.39, 0.29) is 17.5 Å². The van der Waals surface area contributed by atoms with Gasteiger partial charge in [-0.3, -0.25) is 0 Å². The van der Waals surface area contributed by atoms with Crippen molar-refractivity contribution in [3.63, 3.8) is 0 Å². The third-order valence-corrected chi connectivity index (χ3v) is 5.25. The van der Waals surface area contributed by atoms with Gasteiger partial charge in [0.05, 0.1) is 0 Å². The fraction of sp³-hybridized carbons (Fsp3) is 0.647. The minimum atomic E-state index is -0.155. The first-order valence-electron chi connectivity index (χ1n) is 7.67. The van der Waals surface area contributed by atoms with E-state index in [1.807, 2.05) is 0 Å². The summed E-state index contributed by atoms with van der Waals surface area (Å²) in [6, 6.07) is 4.50. The summed E-state index contributed by atoms with van der Waals surface area (Å²) in [5, 5.41) is 9.71. The van der Waals surface area contributed by atoms with E-state index in [4.69, 9.17) is 0 Å². The molecule has 2 saturated carbocycles. The number of hydrogen-bond acceptors (Lipinski definition) is 2. The highest BCUT2D eigenvalue weighted by Gasteiger charge is 2.43. The second-order valence-corrected chi connectivity index (χ2v) is 6.91. The molecule has 1 aromatic rings. The Bertz CT molecular complexity index is 488. The second-order valence-electron chi connectivity index (χ2n) is 6.91. The molecular formula is C17H24FNO. The monoisotopic (exact) mass is 277 g/mol. The highest BCUT2D eigenvalue weighted by atomic mass is 19.1. The van der Waals surface area contributed by atoms with Crippen LogP contribution in [0.1, 0.15) is 37.2 Å². The molecule has 1 aromatic carbocycles. The van der Waals surface area contributed by atoms with Crippen molar-refractivity contribution in [3.8, 4) is 5.75 Å². The quantitative estimate of drug-likeness (QED) is 0.912. The number of benzene rings is 1. The minimum absolute atomic E-state index is 0.155. The summed E-state index contributed by atoms with van der Waals surface area (Å²) < 4.78 is 14.2. The Labute approximate surface area is 120 Å². The number of aromatic hydroxyl groups is 1. The molecule has 2 fully saturated rings. The molecule has 0 saturated heterocycles. The van der Waals surface area contributed by atoms with Gasteiger partial charge >= 0.3 is 0 Å². The van der Waals surface area contributed by atoms with Crippen molar-refractivity contribution in [1.82, 2.24) is 4.90 Å². The number of phenols is 1. The summed E-state index contributed by atoms with van der Waals surface area (Å²) in [6.45, 7) is 1.01. The Morgan fingerprint density at radius 1 is 1.25 bits per heavy atom. The van der Waals surface area contributed by atoms with Crippen molar-refractivity contribution in [3.05, 3.63) is 29.6 Å². The maximum absolute atomic E-state index is 14.2. The van der Waals surface area contributed by atoms with Crippen LogP contribution in [0.15, 0.2) is 18.2 Å². The van der Waals surface area contributed by atoms with Gasteiger partial charge in [0, 0.05) is 6.54 Å². The standard InChI is InChI=1S/C17H24FNO/c1-19(2)10-16-12-4-3-11(7-12)8-14(16)15-9-13(20)5-6-17(15)18/h5-6,9,11-12,14,16,20H,3-4,7-8,10H2,1-2H3/t11-,12+,14+,16+/m1/s1. The van der Waals surface area contributed by atoms with Gasteiger partial charge in [0.15, 0.2) is 0 Å². The summed E-state index contributed by atoms with van der Waals surface area (Å²) >= 11 is 0. The summed E-state index contributed by atoms with van der Waals surface area (Å²) in [5.74, 6) is 2.28. The van der Waals surface area contributed by atoms with E-state index in [1.54, 1.807) is 6.07 Å². The van der Waals surface area contributed by atoms with Crippen LogP contribution in [0.5, 0.6) is 5.75 Å². The molecule has 0 heterocycles. The van der Waals surface area contributed by atoms with Gasteiger partial charge in [0.25, 0.3) is 0 Å². The zero-order chi connectivity index (χ0) is 14.3. The van der Waals surface area contributed by atoms with E-state index < -0.39 is 0 Å². The van der Waals surface area contributed by atoms with Gasteiger partial charge in [-0.1, -0.05) is 6.42 Å². The molecule has 0 radical (unpaired) electrons. The number of nitrogens with zero attached hydrogens (tertiary/aromatic N) is 1. The van der Waals surface area contributed by atoms with Gasteiger partial charge in [-0.2, -0.15) is 0 Å². The summed E-state index contributed by atoms with van der Waals surface area (Å²) in [5.41, 5.74) is 0.730. The SMILES string of the molecule is CN(C)C[C@H]1[C@H]2CC[C@H](C2)C[C@H]1c1cc(O)ccc1F. The smallest absolute Gasteiger partial charge is 0.126 e. The minimum Gasteiger partial charge on any atom is -0.508 e. The Balaban J connectivity index is 1.94. The van der Waals surface area contributed by atoms with E-state index in [1.165, 1.54) is 31.4 Å². The van der Waals surface area contributed by atoms with Gasteiger partial charge in [0.2, 0.25) is 0 Å². The van der Waals surface area contributed by atoms with Crippen LogP contribution in [0.4, 0.5) is 4.39 Å². The largest absolute Gasteiger partial charge is 0.508 e. The molecule has 0 amide bonds. The first kappa shape index (κ1) is 13.9. The van der Waals surface area contributed by atoms with Gasteiger partial charge in [-0.05, 0) is 80.8 Å². The first-order valence-corrected chi connectivity index (χ1v) is 7.67. The van der Waals surface area contributed by atoms with Crippen molar-refractivity contribution in [2.45, 2.75) is 31.6 Å². The highest BCUT2D eigenvalue weighted by molar-refractivity contribution is 5.32. The average molecular weight is 277 g/mol. The molecule has 2 aliphatic carbocycles. The van der Waals surface area contributed by atoms with Crippen LogP contribution in [-0.2, 0) is 0 Å². The van der Waals surface area contributed by atoms with Gasteiger partial charge in [-0.25, -0.2) is 4.39 Å². The fourth-order valence-corrected chi connectivity index (χ4v) is 4.45. The third kappa shape index (κ3) is 2.56. The number of phenolic OH excluding ortho intramolecular Hbond substituents is 1. The van der Waals surface area contributed by atoms with Crippen molar-refractivity contribution in [2.24, 2.45) is 17.8 Å². The van der Waals surface area contributed by atoms with Crippen molar-refractivity contribution >= 4 is 0 Å². The Kier molecular flexibility index (Phi) is 3.72. The Morgan fingerprint density at radius 3 is 2.80 bits per heavy atom. The van der Waals surface area contributed by atoms with Crippen molar-refractivity contribution < 1.29 is 9.50 Å². The summed E-state index contributed by atoms with van der Waals surface area (Å²) in [7, 11) is 4.19. The maximum atomic E-state index is 14.2. The fourth-order valence-electron chi connectivity index (χ4n) is 4.45. The summed E-state index contributed by atoms with van der Waals surface area (Å²) in [6.07, 6.45) is 4.98. The molecule has 110 valence electrons. The van der Waals surface area contributed by atoms with Crippen molar-refractivity contribution in [1.29, 1.82) is 0 Å². The summed E-state index contributed by atoms with van der Waals surface area (Å²) in [4.78, 5) is 2.22. The van der Waals surface area contributed by atoms with Gasteiger partial charge < -0.3 is 10.0 Å². The molecule has 1 N–H and O–H groups in total. The number of halogens is 1. The van der Waals surface area contributed by atoms with Crippen LogP contribution in [-0.4, -0.2) is 30.6 Å². The average Bonchev–Trinajstić information content (AvgIpc) is 2.79. The lowest BCUT2D eigenvalue weighted by atomic mass is 9.69. The van der Waals surface area contributed by atoms with Crippen LogP contribution in [0, 0.1) is 23.6 Å². The van der Waals surface area contributed by atoms with E-state index in [0.29, 0.717) is 5.92 Å². The topological polar surface area (TPSA) is 23.5 Å². The third-order valence-electron chi connectivity index (χ3n) is 5.25. The molecular weight excluding hydrogens is 253 g/mol. The molecule has 0 spiro atoms. The van der Waals surface area contributed by atoms with E-state index in [9.17, 15) is 9.50 Å². The molecule has 4 atom stereocenters. The zero-order valence-corrected chi connectivity index (χ0v) is 12.3. The lowest BCUT2D eigenvalue weighted by Crippen LogP contribution is -2.34. The zero-order valence-electron chi connectivity index (χ0n) is 12.3. The molecule has 3 rings (SSSR count). The van der Waals surface area contributed by atoms with Crippen LogP contribution < -0.4 is 0 Å². The Hall–Kier alpha value is -1.09. The van der Waals surface area contributed by atoms with Crippen molar-refractivity contribution in [2.75, 3.05) is 20.6 Å². The predicted octanol–water partition coefficient (Wildman–Crippen LogP) is 3.61. The van der Waals surface area contributed by atoms with Gasteiger partial charge in [-0.15, -0.1) is 0 Å². The highest BCUT2D eigenvalue weighted by Crippen LogP contribution is 2.52. The van der Waals surface area contributed by atoms with Crippen LogP contribution >= 0.6 is 0 Å². The first-order chi connectivity index (χ1) is 9.54. The van der Waals surface area contributed by atoms with E-state index >= 15 is 0 Å². The number of rotatable bonds is 3.